The fourth-order valence-corrected chi connectivity index (χ4v) is 5.48. The Kier molecular flexibility index (Phi) is 18.1. The van der Waals surface area contributed by atoms with Crippen LogP contribution in [-0.2, 0) is 35.2 Å². The lowest BCUT2D eigenvalue weighted by molar-refractivity contribution is -0.140. The fourth-order valence-electron chi connectivity index (χ4n) is 4.38. The molecule has 2 aromatic carbocycles. The van der Waals surface area contributed by atoms with E-state index in [-0.39, 0.29) is 23.9 Å². The van der Waals surface area contributed by atoms with Crippen molar-refractivity contribution in [1.82, 2.24) is 0 Å². The van der Waals surface area contributed by atoms with Crippen LogP contribution >= 0.6 is 0 Å². The number of aliphatic hydroxyl groups excluding tert-OH is 1. The van der Waals surface area contributed by atoms with Crippen molar-refractivity contribution < 1.29 is 36.7 Å². The molecule has 0 saturated carbocycles. The molecule has 0 radical (unpaired) electrons. The van der Waals surface area contributed by atoms with Crippen LogP contribution in [0.5, 0.6) is 5.75 Å². The highest BCUT2D eigenvalue weighted by atomic mass is 32.2. The maximum Gasteiger partial charge on any atom is 0.305 e. The second-order valence-electron chi connectivity index (χ2n) is 10.8. The molecule has 0 heterocycles. The van der Waals surface area contributed by atoms with E-state index in [0.29, 0.717) is 25.0 Å². The minimum atomic E-state index is -4.16. The van der Waals surface area contributed by atoms with E-state index in [1.165, 1.54) is 19.2 Å². The van der Waals surface area contributed by atoms with Crippen molar-refractivity contribution in [2.75, 3.05) is 14.2 Å². The lowest BCUT2D eigenvalue weighted by atomic mass is 10.0. The normalized spacial score (nSPS) is 14.2. The van der Waals surface area contributed by atoms with Gasteiger partial charge in [0.15, 0.2) is 0 Å². The van der Waals surface area contributed by atoms with Crippen molar-refractivity contribution in [3.8, 4) is 5.75 Å². The van der Waals surface area contributed by atoms with Crippen molar-refractivity contribution in [2.24, 2.45) is 0 Å². The van der Waals surface area contributed by atoms with Gasteiger partial charge < -0.3 is 19.3 Å². The van der Waals surface area contributed by atoms with Gasteiger partial charge in [-0.2, -0.15) is 8.42 Å². The molecule has 0 aliphatic rings. The summed E-state index contributed by atoms with van der Waals surface area (Å²) in [4.78, 5) is 11.3. The quantitative estimate of drug-likeness (QED) is 0.0613. The van der Waals surface area contributed by atoms with Gasteiger partial charge in [-0.05, 0) is 75.3 Å². The Hall–Kier alpha value is -3.24. The topological polar surface area (TPSA) is 108 Å². The smallest absolute Gasteiger partial charge is 0.305 e. The van der Waals surface area contributed by atoms with Gasteiger partial charge in [0.05, 0.1) is 25.7 Å². The van der Waals surface area contributed by atoms with Gasteiger partial charge in [0.1, 0.15) is 24.1 Å². The highest BCUT2D eigenvalue weighted by Crippen LogP contribution is 2.23. The zero-order chi connectivity index (χ0) is 32.9. The summed E-state index contributed by atoms with van der Waals surface area (Å²) < 4.78 is 48.3. The molecule has 248 valence electrons. The van der Waals surface area contributed by atoms with E-state index in [0.717, 1.165) is 43.2 Å². The Morgan fingerprint density at radius 1 is 0.889 bits per heavy atom. The third-order valence-corrected chi connectivity index (χ3v) is 8.48. The Bertz CT molecular complexity index is 1300. The number of carbonyl (C=O) groups is 1. The van der Waals surface area contributed by atoms with Crippen LogP contribution in [0.4, 0.5) is 0 Å². The lowest BCUT2D eigenvalue weighted by Gasteiger charge is -2.27. The monoisotopic (exact) mass is 642 g/mol. The molecule has 0 aromatic heterocycles. The molecule has 0 amide bonds. The van der Waals surface area contributed by atoms with Crippen LogP contribution in [0.3, 0.4) is 0 Å². The van der Waals surface area contributed by atoms with E-state index in [9.17, 15) is 18.3 Å². The average Bonchev–Trinajstić information content (AvgIpc) is 3.04. The molecule has 0 bridgehead atoms. The third kappa shape index (κ3) is 15.1. The van der Waals surface area contributed by atoms with Crippen LogP contribution in [0, 0.1) is 6.92 Å². The zero-order valence-corrected chi connectivity index (χ0v) is 27.9. The number of benzene rings is 2. The molecule has 0 aliphatic heterocycles. The van der Waals surface area contributed by atoms with E-state index >= 15 is 0 Å². The van der Waals surface area contributed by atoms with Gasteiger partial charge in [-0.1, -0.05) is 86.1 Å². The van der Waals surface area contributed by atoms with Crippen molar-refractivity contribution in [1.29, 1.82) is 0 Å². The number of hydrogen-bond donors (Lipinski definition) is 1. The predicted octanol–water partition coefficient (Wildman–Crippen LogP) is 7.40. The van der Waals surface area contributed by atoms with Crippen LogP contribution in [-0.4, -0.2) is 52.0 Å². The summed E-state index contributed by atoms with van der Waals surface area (Å²) >= 11 is 0. The first kappa shape index (κ1) is 37.9. The minimum absolute atomic E-state index is 0.0285. The number of unbranched alkanes of at least 4 members (excludes halogenated alkanes) is 4. The van der Waals surface area contributed by atoms with Crippen molar-refractivity contribution in [3.05, 3.63) is 96.1 Å². The number of ether oxygens (including phenoxy) is 3. The van der Waals surface area contributed by atoms with Crippen LogP contribution in [0.1, 0.15) is 75.8 Å². The van der Waals surface area contributed by atoms with Crippen LogP contribution in [0.15, 0.2) is 89.9 Å². The minimum Gasteiger partial charge on any atom is -0.497 e. The molecule has 0 spiro atoms. The Balaban J connectivity index is 2.24. The standard InChI is InChI=1S/C36H50O8S/c1-5-6-7-8-11-15-18-34(44-45(39,40)32-26-20-29(2)21-27-32)36(38)33(43-28-30-22-24-31(41-3)25-23-30)17-14-12-9-10-13-16-19-35(37)42-4/h9-11,14-15,17,20-27,33-34,36,38H,5-8,12-13,16,18-19,28H2,1-4H3/b10-9-,15-11-,17-14-/t33-,34+,36-/m0/s1. The Labute approximate surface area is 269 Å². The van der Waals surface area contributed by atoms with Crippen LogP contribution in [0.25, 0.3) is 0 Å². The molecule has 0 saturated heterocycles. The number of carbonyl (C=O) groups excluding carboxylic acids is 1. The van der Waals surface area contributed by atoms with Gasteiger partial charge in [0.25, 0.3) is 10.1 Å². The average molecular weight is 643 g/mol. The number of esters is 1. The molecule has 0 unspecified atom stereocenters. The van der Waals surface area contributed by atoms with Crippen molar-refractivity contribution in [3.63, 3.8) is 0 Å². The summed E-state index contributed by atoms with van der Waals surface area (Å²) in [6.07, 6.45) is 14.9. The van der Waals surface area contributed by atoms with E-state index in [1.807, 2.05) is 61.6 Å². The maximum absolute atomic E-state index is 13.3. The third-order valence-electron chi connectivity index (χ3n) is 7.13. The van der Waals surface area contributed by atoms with E-state index in [2.05, 4.69) is 11.7 Å². The molecule has 1 N–H and O–H groups in total. The summed E-state index contributed by atoms with van der Waals surface area (Å²) in [5.41, 5.74) is 1.79. The predicted molar refractivity (Wildman–Crippen MR) is 177 cm³/mol. The summed E-state index contributed by atoms with van der Waals surface area (Å²) in [6.45, 7) is 4.20. The molecule has 2 rings (SSSR count). The van der Waals surface area contributed by atoms with Gasteiger partial charge in [-0.3, -0.25) is 8.98 Å². The number of rotatable bonds is 22. The molecule has 2 aromatic rings. The highest BCUT2D eigenvalue weighted by Gasteiger charge is 2.32. The summed E-state index contributed by atoms with van der Waals surface area (Å²) in [5.74, 6) is 0.486. The van der Waals surface area contributed by atoms with E-state index in [4.69, 9.17) is 13.7 Å². The SMILES string of the molecule is CCCCC/C=C\C[C@@H](OS(=O)(=O)c1ccc(C)cc1)[C@@H](O)[C@H](/C=C\C/C=C\CCCC(=O)OC)OCc1ccc(OC)cc1. The first-order valence-corrected chi connectivity index (χ1v) is 17.1. The molecular weight excluding hydrogens is 592 g/mol. The highest BCUT2D eigenvalue weighted by molar-refractivity contribution is 7.86. The van der Waals surface area contributed by atoms with Gasteiger partial charge in [-0.15, -0.1) is 0 Å². The van der Waals surface area contributed by atoms with Gasteiger partial charge in [0, 0.05) is 6.42 Å². The maximum atomic E-state index is 13.3. The number of aryl methyl sites for hydroxylation is 1. The number of hydrogen-bond acceptors (Lipinski definition) is 8. The molecule has 0 fully saturated rings. The number of aliphatic hydroxyl groups is 1. The van der Waals surface area contributed by atoms with E-state index in [1.54, 1.807) is 25.3 Å². The first-order chi connectivity index (χ1) is 21.7. The fraction of sp³-hybridized carbons (Fsp3) is 0.472. The lowest BCUT2D eigenvalue weighted by Crippen LogP contribution is -2.40. The Morgan fingerprint density at radius 3 is 2.24 bits per heavy atom. The van der Waals surface area contributed by atoms with E-state index < -0.39 is 28.4 Å². The van der Waals surface area contributed by atoms with Gasteiger partial charge >= 0.3 is 5.97 Å². The largest absolute Gasteiger partial charge is 0.497 e. The summed E-state index contributed by atoms with van der Waals surface area (Å²) in [7, 11) is -1.19. The molecule has 45 heavy (non-hydrogen) atoms. The molecule has 8 nitrogen and oxygen atoms in total. The van der Waals surface area contributed by atoms with Gasteiger partial charge in [0.2, 0.25) is 0 Å². The van der Waals surface area contributed by atoms with Crippen molar-refractivity contribution >= 4 is 16.1 Å². The molecule has 0 aliphatic carbocycles. The molecule has 3 atom stereocenters. The zero-order valence-electron chi connectivity index (χ0n) is 27.1. The molecule has 9 heteroatoms. The number of methoxy groups -OCH3 is 2. The summed E-state index contributed by atoms with van der Waals surface area (Å²) in [6, 6.07) is 13.8. The van der Waals surface area contributed by atoms with Crippen LogP contribution in [0.2, 0.25) is 0 Å². The van der Waals surface area contributed by atoms with Crippen molar-refractivity contribution in [2.45, 2.75) is 101 Å². The Morgan fingerprint density at radius 2 is 1.58 bits per heavy atom. The van der Waals surface area contributed by atoms with Gasteiger partial charge in [-0.25, -0.2) is 0 Å². The number of allylic oxidation sites excluding steroid dienone is 4. The summed E-state index contributed by atoms with van der Waals surface area (Å²) in [5, 5.41) is 11.6. The second kappa shape index (κ2) is 21.5. The first-order valence-electron chi connectivity index (χ1n) is 15.7. The molecular formula is C36H50O8S. The second-order valence-corrected chi connectivity index (χ2v) is 12.4. The van der Waals surface area contributed by atoms with Crippen LogP contribution < -0.4 is 4.74 Å².